The fourth-order valence-electron chi connectivity index (χ4n) is 1.43. The zero-order valence-electron chi connectivity index (χ0n) is 9.99. The van der Waals surface area contributed by atoms with Crippen LogP contribution in [-0.2, 0) is 6.42 Å². The Bertz CT molecular complexity index is 336. The van der Waals surface area contributed by atoms with Gasteiger partial charge in [0.1, 0.15) is 5.75 Å². The molecule has 2 N–H and O–H groups in total. The quantitative estimate of drug-likeness (QED) is 0.862. The van der Waals surface area contributed by atoms with Gasteiger partial charge in [0.2, 0.25) is 0 Å². The molecule has 0 radical (unpaired) electrons. The van der Waals surface area contributed by atoms with Crippen molar-refractivity contribution in [3.63, 3.8) is 0 Å². The number of halogens is 2. The van der Waals surface area contributed by atoms with Gasteiger partial charge in [-0.05, 0) is 43.0 Å². The molecule has 0 atom stereocenters. The lowest BCUT2D eigenvalue weighted by atomic mass is 10.1. The Morgan fingerprint density at radius 3 is 2.47 bits per heavy atom. The third-order valence-electron chi connectivity index (χ3n) is 2.39. The predicted molar refractivity (Wildman–Crippen MR) is 76.2 cm³/mol. The van der Waals surface area contributed by atoms with E-state index in [1.54, 1.807) is 5.54 Å². The van der Waals surface area contributed by atoms with Crippen LogP contribution in [0.2, 0.25) is 0 Å². The van der Waals surface area contributed by atoms with Crippen LogP contribution in [-0.4, -0.2) is 13.2 Å². The Morgan fingerprint density at radius 2 is 2.00 bits per heavy atom. The number of ether oxygens (including phenoxy) is 1. The average molecular weight is 276 g/mol. The molecule has 0 aliphatic carbocycles. The summed E-state index contributed by atoms with van der Waals surface area (Å²) in [5, 5.41) is 0. The van der Waals surface area contributed by atoms with E-state index < -0.39 is 0 Å². The molecule has 0 aliphatic heterocycles. The van der Waals surface area contributed by atoms with Gasteiger partial charge in [0.25, 0.3) is 0 Å². The SMILES string of the molecule is CCOc1ccc(CC/C(=C/Cl)CN)cc1.Cl. The largest absolute Gasteiger partial charge is 0.494 e. The van der Waals surface area contributed by atoms with Crippen molar-refractivity contribution in [2.24, 2.45) is 5.73 Å². The molecule has 0 bridgehead atoms. The van der Waals surface area contributed by atoms with E-state index in [2.05, 4.69) is 12.1 Å². The van der Waals surface area contributed by atoms with Gasteiger partial charge in [0.15, 0.2) is 0 Å². The summed E-state index contributed by atoms with van der Waals surface area (Å²) < 4.78 is 5.38. The van der Waals surface area contributed by atoms with Crippen molar-refractivity contribution in [2.75, 3.05) is 13.2 Å². The zero-order chi connectivity index (χ0) is 11.8. The summed E-state index contributed by atoms with van der Waals surface area (Å²) in [5.41, 5.74) is 9.47. The molecule has 0 fully saturated rings. The van der Waals surface area contributed by atoms with Crippen molar-refractivity contribution in [1.29, 1.82) is 0 Å². The van der Waals surface area contributed by atoms with Crippen molar-refractivity contribution >= 4 is 24.0 Å². The maximum Gasteiger partial charge on any atom is 0.119 e. The van der Waals surface area contributed by atoms with Gasteiger partial charge < -0.3 is 10.5 Å². The van der Waals surface area contributed by atoms with Crippen LogP contribution in [0.1, 0.15) is 18.9 Å². The van der Waals surface area contributed by atoms with Gasteiger partial charge in [0, 0.05) is 12.1 Å². The summed E-state index contributed by atoms with van der Waals surface area (Å²) in [5.74, 6) is 0.915. The maximum absolute atomic E-state index is 5.64. The van der Waals surface area contributed by atoms with E-state index in [9.17, 15) is 0 Å². The summed E-state index contributed by atoms with van der Waals surface area (Å²) in [6, 6.07) is 8.14. The van der Waals surface area contributed by atoms with Crippen LogP contribution < -0.4 is 10.5 Å². The highest BCUT2D eigenvalue weighted by molar-refractivity contribution is 6.25. The molecule has 1 aromatic rings. The summed E-state index contributed by atoms with van der Waals surface area (Å²) in [6.45, 7) is 3.21. The first-order valence-electron chi connectivity index (χ1n) is 5.50. The van der Waals surface area contributed by atoms with Crippen molar-refractivity contribution in [3.05, 3.63) is 40.9 Å². The number of hydrogen-bond donors (Lipinski definition) is 1. The molecule has 0 spiro atoms. The van der Waals surface area contributed by atoms with Crippen molar-refractivity contribution in [1.82, 2.24) is 0 Å². The fraction of sp³-hybridized carbons (Fsp3) is 0.385. The zero-order valence-corrected chi connectivity index (χ0v) is 11.6. The van der Waals surface area contributed by atoms with Crippen LogP contribution in [0, 0.1) is 0 Å². The van der Waals surface area contributed by atoms with E-state index in [-0.39, 0.29) is 12.4 Å². The third-order valence-corrected chi connectivity index (χ3v) is 2.69. The lowest BCUT2D eigenvalue weighted by molar-refractivity contribution is 0.340. The molecule has 0 heterocycles. The second-order valence-corrected chi connectivity index (χ2v) is 3.77. The molecule has 0 aliphatic rings. The first-order chi connectivity index (χ1) is 7.80. The second-order valence-electron chi connectivity index (χ2n) is 3.55. The highest BCUT2D eigenvalue weighted by Gasteiger charge is 1.98. The van der Waals surface area contributed by atoms with E-state index in [4.69, 9.17) is 22.1 Å². The van der Waals surface area contributed by atoms with Crippen LogP contribution in [0.25, 0.3) is 0 Å². The topological polar surface area (TPSA) is 35.2 Å². The van der Waals surface area contributed by atoms with Gasteiger partial charge in [0.05, 0.1) is 6.61 Å². The normalized spacial score (nSPS) is 10.9. The minimum absolute atomic E-state index is 0. The van der Waals surface area contributed by atoms with Crippen LogP contribution in [0.4, 0.5) is 0 Å². The average Bonchev–Trinajstić information content (AvgIpc) is 2.33. The van der Waals surface area contributed by atoms with E-state index >= 15 is 0 Å². The maximum atomic E-state index is 5.64. The van der Waals surface area contributed by atoms with Crippen LogP contribution in [0.5, 0.6) is 5.75 Å². The molecule has 0 saturated carbocycles. The Labute approximate surface area is 114 Å². The molecular weight excluding hydrogens is 257 g/mol. The van der Waals surface area contributed by atoms with Crippen molar-refractivity contribution < 1.29 is 4.74 Å². The highest BCUT2D eigenvalue weighted by Crippen LogP contribution is 2.15. The summed E-state index contributed by atoms with van der Waals surface area (Å²) >= 11 is 5.64. The lowest BCUT2D eigenvalue weighted by Crippen LogP contribution is -2.03. The fourth-order valence-corrected chi connectivity index (χ4v) is 1.62. The van der Waals surface area contributed by atoms with Crippen LogP contribution in [0.3, 0.4) is 0 Å². The van der Waals surface area contributed by atoms with Gasteiger partial charge in [-0.3, -0.25) is 0 Å². The first kappa shape index (κ1) is 16.3. The van der Waals surface area contributed by atoms with Gasteiger partial charge in [-0.1, -0.05) is 23.7 Å². The predicted octanol–water partition coefficient (Wildman–Crippen LogP) is 3.52. The first-order valence-corrected chi connectivity index (χ1v) is 5.93. The third kappa shape index (κ3) is 5.97. The van der Waals surface area contributed by atoms with Gasteiger partial charge in [-0.2, -0.15) is 0 Å². The molecule has 0 unspecified atom stereocenters. The van der Waals surface area contributed by atoms with Crippen LogP contribution >= 0.6 is 24.0 Å². The van der Waals surface area contributed by atoms with Crippen molar-refractivity contribution in [2.45, 2.75) is 19.8 Å². The number of nitrogens with two attached hydrogens (primary N) is 1. The van der Waals surface area contributed by atoms with Gasteiger partial charge >= 0.3 is 0 Å². The Balaban J connectivity index is 0.00000256. The molecule has 4 heteroatoms. The summed E-state index contributed by atoms with van der Waals surface area (Å²) in [4.78, 5) is 0. The molecule has 96 valence electrons. The Kier molecular flexibility index (Phi) is 8.96. The molecule has 1 aromatic carbocycles. The molecule has 0 saturated heterocycles. The highest BCUT2D eigenvalue weighted by atomic mass is 35.5. The Morgan fingerprint density at radius 1 is 1.35 bits per heavy atom. The minimum atomic E-state index is 0. The molecule has 17 heavy (non-hydrogen) atoms. The summed E-state index contributed by atoms with van der Waals surface area (Å²) in [6.07, 6.45) is 1.87. The number of hydrogen-bond acceptors (Lipinski definition) is 2. The van der Waals surface area contributed by atoms with Crippen molar-refractivity contribution in [3.8, 4) is 5.75 Å². The standard InChI is InChI=1S/C13H18ClNO.ClH/c1-2-16-13-7-5-11(6-8-13)3-4-12(9-14)10-15;/h5-9H,2-4,10,15H2,1H3;1H/b12-9-;. The van der Waals surface area contributed by atoms with E-state index in [0.717, 1.165) is 24.2 Å². The number of benzene rings is 1. The molecule has 0 aromatic heterocycles. The Hall–Kier alpha value is -0.700. The summed E-state index contributed by atoms with van der Waals surface area (Å²) in [7, 11) is 0. The number of aryl methyl sites for hydroxylation is 1. The van der Waals surface area contributed by atoms with E-state index in [1.807, 2.05) is 19.1 Å². The van der Waals surface area contributed by atoms with Crippen LogP contribution in [0.15, 0.2) is 35.4 Å². The molecule has 1 rings (SSSR count). The van der Waals surface area contributed by atoms with E-state index in [0.29, 0.717) is 13.2 Å². The number of rotatable bonds is 6. The molecule has 2 nitrogen and oxygen atoms in total. The minimum Gasteiger partial charge on any atom is -0.494 e. The smallest absolute Gasteiger partial charge is 0.119 e. The van der Waals surface area contributed by atoms with Gasteiger partial charge in [-0.25, -0.2) is 0 Å². The molecular formula is C13H19Cl2NO. The molecule has 0 amide bonds. The van der Waals surface area contributed by atoms with Gasteiger partial charge in [-0.15, -0.1) is 12.4 Å². The monoisotopic (exact) mass is 275 g/mol. The van der Waals surface area contributed by atoms with E-state index in [1.165, 1.54) is 5.56 Å². The lowest BCUT2D eigenvalue weighted by Gasteiger charge is -2.06. The second kappa shape index (κ2) is 9.34.